The summed E-state index contributed by atoms with van der Waals surface area (Å²) in [5.41, 5.74) is 0.632. The first-order valence-corrected chi connectivity index (χ1v) is 7.14. The lowest BCUT2D eigenvalue weighted by atomic mass is 9.87. The molecular weight excluding hydrogens is 273 g/mol. The zero-order valence-corrected chi connectivity index (χ0v) is 13.1. The number of hydrogen-bond acceptors (Lipinski definition) is 4. The summed E-state index contributed by atoms with van der Waals surface area (Å²) in [6, 6.07) is 1.66. The minimum Gasteiger partial charge on any atom is -0.373 e. The summed E-state index contributed by atoms with van der Waals surface area (Å²) in [6.07, 6.45) is -0.944. The van der Waals surface area contributed by atoms with Gasteiger partial charge >= 0.3 is 6.08 Å². The summed E-state index contributed by atoms with van der Waals surface area (Å²) >= 11 is 0. The molecule has 1 aromatic rings. The number of rotatable bonds is 3. The molecule has 2 rings (SSSR count). The van der Waals surface area contributed by atoms with Crippen LogP contribution < -0.4 is 5.32 Å². The SMILES string of the molecule is Cc1cc([C@@H]2C(=O)NCC2[C@@H](C)OC(C)(C)C)nc(F)n1. The third-order valence-electron chi connectivity index (χ3n) is 3.53. The van der Waals surface area contributed by atoms with Crippen molar-refractivity contribution in [1.82, 2.24) is 15.3 Å². The maximum absolute atomic E-state index is 13.4. The monoisotopic (exact) mass is 295 g/mol. The number of hydrogen-bond donors (Lipinski definition) is 1. The van der Waals surface area contributed by atoms with Crippen molar-refractivity contribution in [2.75, 3.05) is 6.54 Å². The summed E-state index contributed by atoms with van der Waals surface area (Å²) in [4.78, 5) is 19.5. The Hall–Kier alpha value is -1.56. The Morgan fingerprint density at radius 1 is 1.43 bits per heavy atom. The van der Waals surface area contributed by atoms with Crippen molar-refractivity contribution in [3.05, 3.63) is 23.5 Å². The number of halogens is 1. The van der Waals surface area contributed by atoms with Crippen LogP contribution in [0.25, 0.3) is 0 Å². The Bertz CT molecular complexity index is 522. The van der Waals surface area contributed by atoms with Gasteiger partial charge in [-0.1, -0.05) is 0 Å². The van der Waals surface area contributed by atoms with E-state index in [1.165, 1.54) is 0 Å². The van der Waals surface area contributed by atoms with E-state index in [0.29, 0.717) is 17.9 Å². The highest BCUT2D eigenvalue weighted by atomic mass is 19.1. The number of nitrogens with zero attached hydrogens (tertiary/aromatic N) is 2. The van der Waals surface area contributed by atoms with Crippen LogP contribution in [0.4, 0.5) is 4.39 Å². The van der Waals surface area contributed by atoms with Gasteiger partial charge in [0, 0.05) is 18.2 Å². The fourth-order valence-electron chi connectivity index (χ4n) is 2.79. The summed E-state index contributed by atoms with van der Waals surface area (Å²) in [5, 5.41) is 2.82. The molecule has 0 bridgehead atoms. The average Bonchev–Trinajstić information content (AvgIpc) is 2.67. The van der Waals surface area contributed by atoms with Crippen molar-refractivity contribution < 1.29 is 13.9 Å². The summed E-state index contributed by atoms with van der Waals surface area (Å²) in [7, 11) is 0. The Kier molecular flexibility index (Phi) is 4.27. The van der Waals surface area contributed by atoms with E-state index in [1.807, 2.05) is 27.7 Å². The van der Waals surface area contributed by atoms with E-state index in [4.69, 9.17) is 4.74 Å². The van der Waals surface area contributed by atoms with Gasteiger partial charge in [0.05, 0.1) is 23.3 Å². The summed E-state index contributed by atoms with van der Waals surface area (Å²) < 4.78 is 19.4. The second kappa shape index (κ2) is 5.67. The Labute approximate surface area is 124 Å². The van der Waals surface area contributed by atoms with Crippen LogP contribution in [0.3, 0.4) is 0 Å². The van der Waals surface area contributed by atoms with Crippen molar-refractivity contribution in [3.8, 4) is 0 Å². The third kappa shape index (κ3) is 3.75. The first-order valence-electron chi connectivity index (χ1n) is 7.14. The zero-order chi connectivity index (χ0) is 15.8. The maximum Gasteiger partial charge on any atom is 0.309 e. The predicted molar refractivity (Wildman–Crippen MR) is 76.3 cm³/mol. The molecule has 0 spiro atoms. The molecule has 1 fully saturated rings. The van der Waals surface area contributed by atoms with Crippen molar-refractivity contribution in [1.29, 1.82) is 0 Å². The van der Waals surface area contributed by atoms with E-state index in [2.05, 4.69) is 15.3 Å². The second-order valence-corrected chi connectivity index (χ2v) is 6.53. The van der Waals surface area contributed by atoms with Crippen molar-refractivity contribution in [2.45, 2.75) is 52.2 Å². The average molecular weight is 295 g/mol. The van der Waals surface area contributed by atoms with Crippen LogP contribution in [0.5, 0.6) is 0 Å². The van der Waals surface area contributed by atoms with E-state index in [-0.39, 0.29) is 23.5 Å². The van der Waals surface area contributed by atoms with Gasteiger partial charge < -0.3 is 10.1 Å². The first kappa shape index (κ1) is 15.8. The molecule has 1 aliphatic heterocycles. The van der Waals surface area contributed by atoms with Gasteiger partial charge in [-0.2, -0.15) is 4.39 Å². The molecule has 1 saturated heterocycles. The van der Waals surface area contributed by atoms with Gasteiger partial charge in [-0.25, -0.2) is 9.97 Å². The lowest BCUT2D eigenvalue weighted by Crippen LogP contribution is -2.34. The third-order valence-corrected chi connectivity index (χ3v) is 3.53. The summed E-state index contributed by atoms with van der Waals surface area (Å²) in [6.45, 7) is 10.0. The lowest BCUT2D eigenvalue weighted by molar-refractivity contribution is -0.122. The second-order valence-electron chi connectivity index (χ2n) is 6.53. The molecule has 0 saturated carbocycles. The highest BCUT2D eigenvalue weighted by Gasteiger charge is 2.41. The molecule has 0 aromatic carbocycles. The highest BCUT2D eigenvalue weighted by molar-refractivity contribution is 5.85. The summed E-state index contributed by atoms with van der Waals surface area (Å²) in [5.74, 6) is -0.717. The maximum atomic E-state index is 13.4. The van der Waals surface area contributed by atoms with Gasteiger partial charge in [0.2, 0.25) is 5.91 Å². The van der Waals surface area contributed by atoms with E-state index in [1.54, 1.807) is 13.0 Å². The molecule has 1 unspecified atom stereocenters. The normalized spacial score (nSPS) is 24.0. The first-order chi connectivity index (χ1) is 9.67. The highest BCUT2D eigenvalue weighted by Crippen LogP contribution is 2.33. The van der Waals surface area contributed by atoms with Gasteiger partial charge in [0.25, 0.3) is 0 Å². The Morgan fingerprint density at radius 2 is 2.10 bits per heavy atom. The number of carbonyl (C=O) groups is 1. The van der Waals surface area contributed by atoms with Gasteiger partial charge in [-0.3, -0.25) is 4.79 Å². The molecule has 3 atom stereocenters. The number of nitrogens with one attached hydrogen (secondary N) is 1. The van der Waals surface area contributed by atoms with Crippen molar-refractivity contribution in [2.24, 2.45) is 5.92 Å². The van der Waals surface area contributed by atoms with E-state index in [9.17, 15) is 9.18 Å². The van der Waals surface area contributed by atoms with Crippen LogP contribution in [0, 0.1) is 18.9 Å². The zero-order valence-electron chi connectivity index (χ0n) is 13.1. The molecule has 6 heteroatoms. The number of aromatic nitrogens is 2. The minimum absolute atomic E-state index is 0.0783. The van der Waals surface area contributed by atoms with Gasteiger partial charge in [0.15, 0.2) is 0 Å². The smallest absolute Gasteiger partial charge is 0.309 e. The molecule has 0 radical (unpaired) electrons. The Morgan fingerprint density at radius 3 is 2.67 bits per heavy atom. The molecule has 2 heterocycles. The van der Waals surface area contributed by atoms with Gasteiger partial charge in [0.1, 0.15) is 0 Å². The molecule has 5 nitrogen and oxygen atoms in total. The quantitative estimate of drug-likeness (QED) is 0.866. The molecule has 1 amide bonds. The van der Waals surface area contributed by atoms with E-state index in [0.717, 1.165) is 0 Å². The minimum atomic E-state index is -0.798. The fourth-order valence-corrected chi connectivity index (χ4v) is 2.79. The number of aryl methyl sites for hydroxylation is 1. The van der Waals surface area contributed by atoms with E-state index < -0.39 is 12.0 Å². The number of carbonyl (C=O) groups excluding carboxylic acids is 1. The van der Waals surface area contributed by atoms with Crippen LogP contribution in [-0.4, -0.2) is 34.1 Å². The standard InChI is InChI=1S/C15H22FN3O2/c1-8-6-11(19-14(16)18-8)12-10(7-17-13(12)20)9(2)21-15(3,4)5/h6,9-10,12H,7H2,1-5H3,(H,17,20)/t9-,10?,12-/m1/s1. The fraction of sp³-hybridized carbons (Fsp3) is 0.667. The molecular formula is C15H22FN3O2. The van der Waals surface area contributed by atoms with Crippen molar-refractivity contribution >= 4 is 5.91 Å². The lowest BCUT2D eigenvalue weighted by Gasteiger charge is -2.30. The molecule has 0 aliphatic carbocycles. The number of amides is 1. The number of ether oxygens (including phenoxy) is 1. The van der Waals surface area contributed by atoms with Crippen LogP contribution >= 0.6 is 0 Å². The van der Waals surface area contributed by atoms with Gasteiger partial charge in [-0.15, -0.1) is 0 Å². The molecule has 1 aliphatic rings. The van der Waals surface area contributed by atoms with Crippen LogP contribution in [0.15, 0.2) is 6.07 Å². The van der Waals surface area contributed by atoms with E-state index >= 15 is 0 Å². The van der Waals surface area contributed by atoms with Crippen molar-refractivity contribution in [3.63, 3.8) is 0 Å². The largest absolute Gasteiger partial charge is 0.373 e. The molecule has 1 aromatic heterocycles. The molecule has 21 heavy (non-hydrogen) atoms. The van der Waals surface area contributed by atoms with Crippen LogP contribution in [0.2, 0.25) is 0 Å². The Balaban J connectivity index is 2.28. The topological polar surface area (TPSA) is 64.1 Å². The molecule has 1 N–H and O–H groups in total. The van der Waals surface area contributed by atoms with Crippen LogP contribution in [-0.2, 0) is 9.53 Å². The van der Waals surface area contributed by atoms with Crippen LogP contribution in [0.1, 0.15) is 45.0 Å². The predicted octanol–water partition coefficient (Wildman–Crippen LogP) is 1.96. The van der Waals surface area contributed by atoms with Gasteiger partial charge in [-0.05, 0) is 40.7 Å². The molecule has 116 valence electrons.